The molecule has 4 rings (SSSR count). The van der Waals surface area contributed by atoms with Gasteiger partial charge in [-0.15, -0.1) is 0 Å². The minimum atomic E-state index is -1.15. The zero-order valence-corrected chi connectivity index (χ0v) is 20.0. The van der Waals surface area contributed by atoms with E-state index < -0.39 is 6.09 Å². The van der Waals surface area contributed by atoms with Crippen LogP contribution < -0.4 is 10.1 Å². The number of fused-ring (bicyclic) bond motifs is 1. The highest BCUT2D eigenvalue weighted by Gasteiger charge is 2.45. The molecule has 180 valence electrons. The fourth-order valence-electron chi connectivity index (χ4n) is 4.70. The first kappa shape index (κ1) is 23.7. The number of aliphatic imine (C=N–C) groups is 2. The van der Waals surface area contributed by atoms with Crippen LogP contribution in [-0.4, -0.2) is 91.3 Å². The monoisotopic (exact) mass is 467 g/mol. The van der Waals surface area contributed by atoms with Crippen LogP contribution in [0.1, 0.15) is 18.4 Å². The van der Waals surface area contributed by atoms with E-state index in [4.69, 9.17) is 14.8 Å². The maximum Gasteiger partial charge on any atom is 0.409 e. The summed E-state index contributed by atoms with van der Waals surface area (Å²) in [6.07, 6.45) is 6.16. The molecule has 10 heteroatoms. The summed E-state index contributed by atoms with van der Waals surface area (Å²) < 4.78 is 5.80. The van der Waals surface area contributed by atoms with E-state index in [0.717, 1.165) is 35.6 Å². The third-order valence-electron chi connectivity index (χ3n) is 6.46. The van der Waals surface area contributed by atoms with Gasteiger partial charge < -0.3 is 19.6 Å². The lowest BCUT2D eigenvalue weighted by Gasteiger charge is -2.33. The third kappa shape index (κ3) is 4.46. The number of allylic oxidation sites excluding steroid dienone is 2. The molecule has 1 aromatic rings. The number of hydrogen-bond donors (Lipinski definition) is 2. The highest BCUT2D eigenvalue weighted by Crippen LogP contribution is 2.40. The van der Waals surface area contributed by atoms with Crippen molar-refractivity contribution in [3.63, 3.8) is 0 Å². The van der Waals surface area contributed by atoms with Crippen molar-refractivity contribution in [1.29, 1.82) is 0 Å². The molecule has 0 aromatic heterocycles. The fourth-order valence-corrected chi connectivity index (χ4v) is 4.70. The molecule has 0 saturated carbocycles. The SMILES string of the molecule is COc1cc(C2=NC(C3CCN(C(=O)CN(C)C)CC3)=C3C=NC=C[N+]23C)ccc1NC(=O)O. The summed E-state index contributed by atoms with van der Waals surface area (Å²) in [5.41, 5.74) is 3.22. The number of carbonyl (C=O) groups excluding carboxylic acids is 1. The Morgan fingerprint density at radius 3 is 2.68 bits per heavy atom. The highest BCUT2D eigenvalue weighted by atomic mass is 16.5. The number of likely N-dealkylation sites (tertiary alicyclic amines) is 1. The number of carboxylic acid groups (broad SMARTS) is 1. The number of benzene rings is 1. The Kier molecular flexibility index (Phi) is 6.54. The molecule has 10 nitrogen and oxygen atoms in total. The smallest absolute Gasteiger partial charge is 0.409 e. The number of likely N-dealkylation sites (N-methyl/N-ethyl adjacent to an activating group) is 1. The van der Waals surface area contributed by atoms with Crippen molar-refractivity contribution >= 4 is 29.7 Å². The van der Waals surface area contributed by atoms with Crippen LogP contribution in [0.2, 0.25) is 0 Å². The summed E-state index contributed by atoms with van der Waals surface area (Å²) in [5.74, 6) is 1.62. The molecule has 2 amide bonds. The Morgan fingerprint density at radius 1 is 1.29 bits per heavy atom. The topological polar surface area (TPSA) is 107 Å². The summed E-state index contributed by atoms with van der Waals surface area (Å²) in [4.78, 5) is 36.9. The molecule has 1 fully saturated rings. The van der Waals surface area contributed by atoms with Crippen molar-refractivity contribution in [2.24, 2.45) is 15.9 Å². The second-order valence-corrected chi connectivity index (χ2v) is 9.10. The Balaban J connectivity index is 1.62. The van der Waals surface area contributed by atoms with E-state index in [-0.39, 0.29) is 11.8 Å². The quantitative estimate of drug-likeness (QED) is 0.626. The number of rotatable bonds is 6. The van der Waals surface area contributed by atoms with Gasteiger partial charge in [-0.2, -0.15) is 4.99 Å². The number of anilines is 1. The van der Waals surface area contributed by atoms with Gasteiger partial charge in [-0.1, -0.05) is 0 Å². The molecule has 2 N–H and O–H groups in total. The average molecular weight is 468 g/mol. The Morgan fingerprint density at radius 2 is 2.03 bits per heavy atom. The first-order chi connectivity index (χ1) is 16.2. The molecular weight excluding hydrogens is 436 g/mol. The Labute approximate surface area is 199 Å². The van der Waals surface area contributed by atoms with Crippen LogP contribution in [0, 0.1) is 5.92 Å². The van der Waals surface area contributed by atoms with Crippen LogP contribution in [0.15, 0.2) is 52.0 Å². The van der Waals surface area contributed by atoms with Crippen LogP contribution in [0.5, 0.6) is 5.75 Å². The largest absolute Gasteiger partial charge is 0.495 e. The number of nitrogens with one attached hydrogen (secondary N) is 1. The van der Waals surface area contributed by atoms with Gasteiger partial charge in [-0.3, -0.25) is 15.1 Å². The normalized spacial score (nSPS) is 22.1. The molecule has 1 aromatic carbocycles. The van der Waals surface area contributed by atoms with E-state index in [0.29, 0.717) is 35.6 Å². The van der Waals surface area contributed by atoms with E-state index >= 15 is 0 Å². The van der Waals surface area contributed by atoms with Crippen molar-refractivity contribution in [2.45, 2.75) is 12.8 Å². The van der Waals surface area contributed by atoms with Crippen molar-refractivity contribution < 1.29 is 23.9 Å². The number of amides is 2. The summed E-state index contributed by atoms with van der Waals surface area (Å²) in [5, 5.41) is 11.4. The molecule has 1 saturated heterocycles. The minimum Gasteiger partial charge on any atom is -0.495 e. The number of hydrogen-bond acceptors (Lipinski definition) is 6. The molecule has 34 heavy (non-hydrogen) atoms. The van der Waals surface area contributed by atoms with Crippen LogP contribution in [0.3, 0.4) is 0 Å². The van der Waals surface area contributed by atoms with Gasteiger partial charge in [0.2, 0.25) is 11.7 Å². The lowest BCUT2D eigenvalue weighted by atomic mass is 9.92. The summed E-state index contributed by atoms with van der Waals surface area (Å²) in [6.45, 7) is 1.83. The van der Waals surface area contributed by atoms with Crippen molar-refractivity contribution in [3.05, 3.63) is 47.6 Å². The Bertz CT molecular complexity index is 1110. The van der Waals surface area contributed by atoms with Crippen molar-refractivity contribution in [3.8, 4) is 5.75 Å². The zero-order chi connectivity index (χ0) is 24.5. The van der Waals surface area contributed by atoms with Crippen molar-refractivity contribution in [1.82, 2.24) is 9.80 Å². The molecule has 0 bridgehead atoms. The van der Waals surface area contributed by atoms with Gasteiger partial charge in [0, 0.05) is 19.0 Å². The van der Waals surface area contributed by atoms with Gasteiger partial charge in [-0.25, -0.2) is 9.28 Å². The summed E-state index contributed by atoms with van der Waals surface area (Å²) in [6, 6.07) is 5.33. The molecular formula is C24H31N6O4+. The molecule has 1 atom stereocenters. The van der Waals surface area contributed by atoms with E-state index in [1.165, 1.54) is 7.11 Å². The fraction of sp³-hybridized carbons (Fsp3) is 0.417. The number of methoxy groups -OCH3 is 1. The predicted octanol–water partition coefficient (Wildman–Crippen LogP) is 2.56. The van der Waals surface area contributed by atoms with Crippen LogP contribution >= 0.6 is 0 Å². The molecule has 3 aliphatic heterocycles. The molecule has 0 radical (unpaired) electrons. The molecule has 1 unspecified atom stereocenters. The molecule has 3 aliphatic rings. The maximum atomic E-state index is 12.5. The number of piperidine rings is 1. The maximum absolute atomic E-state index is 12.5. The van der Waals surface area contributed by atoms with Gasteiger partial charge in [0.1, 0.15) is 17.6 Å². The minimum absolute atomic E-state index is 0.154. The molecule has 3 heterocycles. The van der Waals surface area contributed by atoms with Gasteiger partial charge in [0.25, 0.3) is 0 Å². The zero-order valence-electron chi connectivity index (χ0n) is 20.0. The number of amidine groups is 1. The summed E-state index contributed by atoms with van der Waals surface area (Å²) >= 11 is 0. The lowest BCUT2D eigenvalue weighted by Crippen LogP contribution is -2.44. The highest BCUT2D eigenvalue weighted by molar-refractivity contribution is 6.01. The summed E-state index contributed by atoms with van der Waals surface area (Å²) in [7, 11) is 7.38. The van der Waals surface area contributed by atoms with E-state index in [1.54, 1.807) is 18.3 Å². The van der Waals surface area contributed by atoms with Gasteiger partial charge in [0.05, 0.1) is 44.4 Å². The third-order valence-corrected chi connectivity index (χ3v) is 6.46. The van der Waals surface area contributed by atoms with Gasteiger partial charge in [-0.05, 0) is 45.1 Å². The standard InChI is InChI=1S/C24H30N6O4/c1-28(2)15-21(31)29-10-7-16(8-11-29)22-19-14-25-9-12-30(19,3)23(27-22)17-5-6-18(26-24(32)33)20(13-17)34-4/h5-6,9,12-14,16H,7-8,10-11,15H2,1-4H3,(H-,25,26,27,32,33)/p+1. The first-order valence-electron chi connectivity index (χ1n) is 11.2. The average Bonchev–Trinajstić information content (AvgIpc) is 3.11. The van der Waals surface area contributed by atoms with Gasteiger partial charge >= 0.3 is 6.09 Å². The van der Waals surface area contributed by atoms with Crippen LogP contribution in [-0.2, 0) is 4.79 Å². The second kappa shape index (κ2) is 9.40. The van der Waals surface area contributed by atoms with Crippen molar-refractivity contribution in [2.75, 3.05) is 53.2 Å². The van der Waals surface area contributed by atoms with Gasteiger partial charge in [0.15, 0.2) is 5.70 Å². The molecule has 0 spiro atoms. The lowest BCUT2D eigenvalue weighted by molar-refractivity contribution is -0.713. The number of nitrogens with zero attached hydrogens (tertiary/aromatic N) is 5. The van der Waals surface area contributed by atoms with Crippen LogP contribution in [0.25, 0.3) is 0 Å². The number of carbonyl (C=O) groups is 2. The van der Waals surface area contributed by atoms with E-state index in [1.807, 2.05) is 42.4 Å². The molecule has 0 aliphatic carbocycles. The van der Waals surface area contributed by atoms with E-state index in [9.17, 15) is 9.59 Å². The number of quaternary nitrogens is 1. The van der Waals surface area contributed by atoms with E-state index in [2.05, 4.69) is 17.4 Å². The second-order valence-electron chi connectivity index (χ2n) is 9.10. The predicted molar refractivity (Wildman–Crippen MR) is 130 cm³/mol. The first-order valence-corrected chi connectivity index (χ1v) is 11.2. The van der Waals surface area contributed by atoms with Crippen LogP contribution in [0.4, 0.5) is 10.5 Å². The Hall–Kier alpha value is -3.50. The number of ether oxygens (including phenoxy) is 1.